The van der Waals surface area contributed by atoms with Gasteiger partial charge in [-0.1, -0.05) is 48.5 Å². The molecule has 1 saturated heterocycles. The van der Waals surface area contributed by atoms with Gasteiger partial charge in [0, 0.05) is 12.6 Å². The SMILES string of the molecule is N=S(=O)(NC1CCCN(C2c3ccccc3-c3ccccc32)C1)c1ccc(OC(F)(F)F)cc1. The lowest BCUT2D eigenvalue weighted by atomic mass is 9.98. The number of hydrogen-bond acceptors (Lipinski definition) is 4. The maximum atomic E-state index is 13.2. The summed E-state index contributed by atoms with van der Waals surface area (Å²) >= 11 is 0. The molecule has 5 rings (SSSR count). The third-order valence-corrected chi connectivity index (χ3v) is 7.94. The Morgan fingerprint density at radius 1 is 0.941 bits per heavy atom. The summed E-state index contributed by atoms with van der Waals surface area (Å²) in [5.74, 6) is -0.408. The van der Waals surface area contributed by atoms with Crippen LogP contribution in [0.1, 0.15) is 30.0 Å². The molecule has 3 aromatic carbocycles. The van der Waals surface area contributed by atoms with Crippen molar-refractivity contribution in [2.45, 2.75) is 36.2 Å². The van der Waals surface area contributed by atoms with Gasteiger partial charge in [-0.25, -0.2) is 13.7 Å². The van der Waals surface area contributed by atoms with E-state index in [9.17, 15) is 17.4 Å². The zero-order valence-corrected chi connectivity index (χ0v) is 19.0. The van der Waals surface area contributed by atoms with Crippen LogP contribution in [-0.2, 0) is 9.92 Å². The smallest absolute Gasteiger partial charge is 0.406 e. The second kappa shape index (κ2) is 8.72. The van der Waals surface area contributed by atoms with Crippen molar-refractivity contribution in [1.29, 1.82) is 4.78 Å². The number of fused-ring (bicyclic) bond motifs is 3. The van der Waals surface area contributed by atoms with Crippen molar-refractivity contribution in [3.05, 3.63) is 83.9 Å². The number of benzene rings is 3. The Morgan fingerprint density at radius 2 is 1.53 bits per heavy atom. The molecule has 0 bridgehead atoms. The number of halogens is 3. The summed E-state index contributed by atoms with van der Waals surface area (Å²) in [5.41, 5.74) is 4.94. The first-order valence-electron chi connectivity index (χ1n) is 11.1. The molecule has 1 fully saturated rings. The third kappa shape index (κ3) is 4.55. The number of hydrogen-bond donors (Lipinski definition) is 2. The van der Waals surface area contributed by atoms with E-state index in [4.69, 9.17) is 4.78 Å². The zero-order chi connectivity index (χ0) is 23.9. The maximum absolute atomic E-state index is 13.2. The Kier molecular flexibility index (Phi) is 5.87. The number of rotatable bonds is 5. The van der Waals surface area contributed by atoms with E-state index >= 15 is 0 Å². The highest BCUT2D eigenvalue weighted by Gasteiger charge is 2.36. The molecule has 0 aromatic heterocycles. The van der Waals surface area contributed by atoms with Gasteiger partial charge in [0.05, 0.1) is 10.9 Å². The quantitative estimate of drug-likeness (QED) is 0.483. The number of likely N-dealkylation sites (tertiary alicyclic amines) is 1. The third-order valence-electron chi connectivity index (χ3n) is 6.34. The summed E-state index contributed by atoms with van der Waals surface area (Å²) in [7, 11) is -3.40. The molecule has 34 heavy (non-hydrogen) atoms. The fourth-order valence-corrected chi connectivity index (χ4v) is 6.31. The average Bonchev–Trinajstić information content (AvgIpc) is 3.13. The fraction of sp³-hybridized carbons (Fsp3) is 0.280. The van der Waals surface area contributed by atoms with Crippen molar-refractivity contribution in [3.63, 3.8) is 0 Å². The van der Waals surface area contributed by atoms with Gasteiger partial charge in [0.2, 0.25) is 0 Å². The van der Waals surface area contributed by atoms with E-state index < -0.39 is 22.0 Å². The molecule has 2 aliphatic rings. The average molecular weight is 488 g/mol. The van der Waals surface area contributed by atoms with Gasteiger partial charge in [-0.15, -0.1) is 13.2 Å². The maximum Gasteiger partial charge on any atom is 0.573 e. The summed E-state index contributed by atoms with van der Waals surface area (Å²) in [4.78, 5) is 2.48. The van der Waals surface area contributed by atoms with Crippen LogP contribution in [0.25, 0.3) is 11.1 Å². The summed E-state index contributed by atoms with van der Waals surface area (Å²) < 4.78 is 65.6. The first kappa shape index (κ1) is 22.9. The van der Waals surface area contributed by atoms with Gasteiger partial charge in [-0.3, -0.25) is 4.90 Å². The van der Waals surface area contributed by atoms with Crippen LogP contribution in [0.4, 0.5) is 13.2 Å². The Labute approximate surface area is 196 Å². The van der Waals surface area contributed by atoms with Crippen LogP contribution in [0.5, 0.6) is 5.75 Å². The summed E-state index contributed by atoms with van der Waals surface area (Å²) in [5, 5.41) is 0. The molecule has 1 heterocycles. The zero-order valence-electron chi connectivity index (χ0n) is 18.2. The summed E-state index contributed by atoms with van der Waals surface area (Å²) in [6.45, 7) is 1.49. The largest absolute Gasteiger partial charge is 0.573 e. The minimum Gasteiger partial charge on any atom is -0.406 e. The highest BCUT2D eigenvalue weighted by molar-refractivity contribution is 7.90. The Morgan fingerprint density at radius 3 is 2.12 bits per heavy atom. The van der Waals surface area contributed by atoms with Gasteiger partial charge in [0.15, 0.2) is 0 Å². The molecular formula is C25H24F3N3O2S. The van der Waals surface area contributed by atoms with Gasteiger partial charge in [-0.05, 0) is 65.9 Å². The van der Waals surface area contributed by atoms with Crippen LogP contribution < -0.4 is 9.46 Å². The van der Waals surface area contributed by atoms with E-state index in [-0.39, 0.29) is 17.0 Å². The lowest BCUT2D eigenvalue weighted by molar-refractivity contribution is -0.274. The van der Waals surface area contributed by atoms with Crippen molar-refractivity contribution in [3.8, 4) is 16.9 Å². The molecule has 0 amide bonds. The van der Waals surface area contributed by atoms with Crippen molar-refractivity contribution >= 4 is 9.92 Å². The normalized spacial score (nSPS) is 20.4. The molecular weight excluding hydrogens is 463 g/mol. The number of ether oxygens (including phenoxy) is 1. The highest BCUT2D eigenvalue weighted by atomic mass is 32.2. The Balaban J connectivity index is 1.33. The monoisotopic (exact) mass is 487 g/mol. The van der Waals surface area contributed by atoms with Crippen LogP contribution in [0.2, 0.25) is 0 Å². The molecule has 0 radical (unpaired) electrons. The topological polar surface area (TPSA) is 65.4 Å². The standard InChI is InChI=1S/C25H24F3N3O2S/c26-25(27,28)33-18-11-13-19(14-12-18)34(29,32)30-17-6-5-15-31(16-17)24-22-9-3-1-7-20(22)21-8-2-4-10-23(21)24/h1-4,7-14,17,24H,5-6,15-16H2,(H2,29,30,32). The van der Waals surface area contributed by atoms with Crippen LogP contribution in [0.15, 0.2) is 77.7 Å². The van der Waals surface area contributed by atoms with E-state index in [1.54, 1.807) is 0 Å². The van der Waals surface area contributed by atoms with E-state index in [1.165, 1.54) is 34.4 Å². The van der Waals surface area contributed by atoms with Crippen molar-refractivity contribution in [2.24, 2.45) is 0 Å². The van der Waals surface area contributed by atoms with E-state index in [1.807, 2.05) is 24.3 Å². The van der Waals surface area contributed by atoms with Crippen LogP contribution in [0, 0.1) is 4.78 Å². The lowest BCUT2D eigenvalue weighted by Crippen LogP contribution is -2.48. The molecule has 178 valence electrons. The first-order valence-corrected chi connectivity index (χ1v) is 12.6. The van der Waals surface area contributed by atoms with Crippen molar-refractivity contribution < 1.29 is 22.1 Å². The summed E-state index contributed by atoms with van der Waals surface area (Å²) in [6.07, 6.45) is -3.16. The van der Waals surface area contributed by atoms with E-state index in [2.05, 4.69) is 38.6 Å². The van der Waals surface area contributed by atoms with Crippen LogP contribution >= 0.6 is 0 Å². The second-order valence-electron chi connectivity index (χ2n) is 8.60. The van der Waals surface area contributed by atoms with Crippen molar-refractivity contribution in [1.82, 2.24) is 9.62 Å². The van der Waals surface area contributed by atoms with E-state index in [0.29, 0.717) is 6.54 Å². The van der Waals surface area contributed by atoms with Gasteiger partial charge in [-0.2, -0.15) is 0 Å². The molecule has 5 nitrogen and oxygen atoms in total. The predicted molar refractivity (Wildman–Crippen MR) is 124 cm³/mol. The number of alkyl halides is 3. The minimum absolute atomic E-state index is 0.0950. The number of nitrogens with one attached hydrogen (secondary N) is 2. The molecule has 0 saturated carbocycles. The molecule has 2 atom stereocenters. The molecule has 2 unspecified atom stereocenters. The van der Waals surface area contributed by atoms with Crippen molar-refractivity contribution in [2.75, 3.05) is 13.1 Å². The molecule has 1 aliphatic heterocycles. The Bertz CT molecular complexity index is 1250. The molecule has 0 spiro atoms. The molecule has 2 N–H and O–H groups in total. The van der Waals surface area contributed by atoms with Gasteiger partial charge in [0.25, 0.3) is 0 Å². The highest BCUT2D eigenvalue weighted by Crippen LogP contribution is 2.46. The fourth-order valence-electron chi connectivity index (χ4n) is 5.00. The number of nitrogens with zero attached hydrogens (tertiary/aromatic N) is 1. The van der Waals surface area contributed by atoms with E-state index in [0.717, 1.165) is 31.5 Å². The predicted octanol–water partition coefficient (Wildman–Crippen LogP) is 5.73. The van der Waals surface area contributed by atoms with Gasteiger partial charge >= 0.3 is 6.36 Å². The van der Waals surface area contributed by atoms with Gasteiger partial charge < -0.3 is 4.74 Å². The first-order chi connectivity index (χ1) is 16.2. The molecule has 9 heteroatoms. The van der Waals surface area contributed by atoms with Crippen LogP contribution in [0.3, 0.4) is 0 Å². The Hall–Kier alpha value is -2.88. The number of piperidine rings is 1. The summed E-state index contributed by atoms with van der Waals surface area (Å²) in [6, 6.07) is 21.3. The second-order valence-corrected chi connectivity index (χ2v) is 10.4. The molecule has 1 aliphatic carbocycles. The lowest BCUT2D eigenvalue weighted by Gasteiger charge is -2.38. The minimum atomic E-state index is -4.80. The molecule has 3 aromatic rings. The van der Waals surface area contributed by atoms with Gasteiger partial charge in [0.1, 0.15) is 15.7 Å². The van der Waals surface area contributed by atoms with Crippen LogP contribution in [-0.4, -0.2) is 34.6 Å².